The summed E-state index contributed by atoms with van der Waals surface area (Å²) in [7, 11) is 1.35. The quantitative estimate of drug-likeness (QED) is 0.273. The number of carbonyl (C=O) groups is 3. The van der Waals surface area contributed by atoms with Gasteiger partial charge in [0.25, 0.3) is 0 Å². The highest BCUT2D eigenvalue weighted by Crippen LogP contribution is 2.60. The molecule has 244 valence electrons. The van der Waals surface area contributed by atoms with Crippen LogP contribution in [0.5, 0.6) is 0 Å². The standard InChI is InChI=1S/C34H46ClN5O5/c1-7-36-29(41)27(32(2,3)4)40-30(42)34(16-17-45-19-34)20-12-13-23-24(18-20)38-28(37-23)26(39-31(43)44-6)25(33(5)14-15-33)21-10-8-9-11-22(21)35/h8-11,18,25-27H,7,12-17,19H2,1-6H3,(H,36,41)(H,37,38)(H,39,43)(H,40,42)/t25-,26-,27-,34?/m0/s1. The Bertz CT molecular complexity index is 1470. The number of alkyl carbamates (subject to hydrolysis) is 1. The van der Waals surface area contributed by atoms with Crippen molar-refractivity contribution in [3.63, 3.8) is 0 Å². The molecule has 2 fully saturated rings. The summed E-state index contributed by atoms with van der Waals surface area (Å²) in [6, 6.07) is 6.52. The zero-order valence-electron chi connectivity index (χ0n) is 27.1. The summed E-state index contributed by atoms with van der Waals surface area (Å²) in [5, 5.41) is 9.65. The Labute approximate surface area is 270 Å². The van der Waals surface area contributed by atoms with E-state index in [9.17, 15) is 14.4 Å². The smallest absolute Gasteiger partial charge is 0.407 e. The van der Waals surface area contributed by atoms with Crippen LogP contribution in [0.15, 0.2) is 29.8 Å². The zero-order chi connectivity index (χ0) is 32.6. The summed E-state index contributed by atoms with van der Waals surface area (Å²) in [5.74, 6) is 0.0647. The summed E-state index contributed by atoms with van der Waals surface area (Å²) < 4.78 is 10.9. The second kappa shape index (κ2) is 12.8. The van der Waals surface area contributed by atoms with Crippen molar-refractivity contribution in [2.45, 2.75) is 84.7 Å². The summed E-state index contributed by atoms with van der Waals surface area (Å²) in [6.07, 6.45) is 5.21. The van der Waals surface area contributed by atoms with Crippen LogP contribution in [0.4, 0.5) is 4.79 Å². The number of methoxy groups -OCH3 is 1. The van der Waals surface area contributed by atoms with Crippen molar-refractivity contribution in [3.8, 4) is 0 Å². The number of halogens is 1. The normalized spacial score (nSPS) is 22.3. The van der Waals surface area contributed by atoms with Crippen LogP contribution < -0.4 is 16.0 Å². The average Bonchev–Trinajstić information content (AvgIpc) is 3.37. The van der Waals surface area contributed by atoms with Gasteiger partial charge in [-0.25, -0.2) is 9.78 Å². The van der Waals surface area contributed by atoms with Crippen LogP contribution in [0.3, 0.4) is 0 Å². The van der Waals surface area contributed by atoms with Gasteiger partial charge in [-0.1, -0.05) is 57.5 Å². The maximum absolute atomic E-state index is 14.1. The van der Waals surface area contributed by atoms with Crippen molar-refractivity contribution in [1.82, 2.24) is 25.9 Å². The lowest BCUT2D eigenvalue weighted by Crippen LogP contribution is -2.57. The predicted octanol–water partition coefficient (Wildman–Crippen LogP) is 5.45. The van der Waals surface area contributed by atoms with Gasteiger partial charge in [0.15, 0.2) is 0 Å². The fraction of sp³-hybridized carbons (Fsp3) is 0.588. The van der Waals surface area contributed by atoms with Crippen molar-refractivity contribution in [2.24, 2.45) is 16.2 Å². The van der Waals surface area contributed by atoms with E-state index >= 15 is 0 Å². The van der Waals surface area contributed by atoms with E-state index in [1.807, 2.05) is 58.0 Å². The van der Waals surface area contributed by atoms with Crippen molar-refractivity contribution < 1.29 is 23.9 Å². The summed E-state index contributed by atoms with van der Waals surface area (Å²) >= 11 is 6.73. The number of aromatic amines is 1. The van der Waals surface area contributed by atoms with E-state index in [0.717, 1.165) is 35.4 Å². The van der Waals surface area contributed by atoms with Crippen LogP contribution in [-0.2, 0) is 25.5 Å². The van der Waals surface area contributed by atoms with Gasteiger partial charge in [-0.15, -0.1) is 0 Å². The molecule has 11 heteroatoms. The number of hydrogen-bond acceptors (Lipinski definition) is 6. The molecule has 2 aromatic rings. The van der Waals surface area contributed by atoms with E-state index in [0.29, 0.717) is 43.3 Å². The number of aryl methyl sites for hydroxylation is 1. The van der Waals surface area contributed by atoms with Gasteiger partial charge < -0.3 is 30.4 Å². The van der Waals surface area contributed by atoms with E-state index < -0.39 is 29.0 Å². The Kier molecular flexibility index (Phi) is 9.38. The second-order valence-corrected chi connectivity index (χ2v) is 14.4. The minimum Gasteiger partial charge on any atom is -0.453 e. The molecule has 2 aliphatic carbocycles. The van der Waals surface area contributed by atoms with Gasteiger partial charge in [0.2, 0.25) is 11.8 Å². The number of amides is 3. The molecule has 3 aliphatic rings. The summed E-state index contributed by atoms with van der Waals surface area (Å²) in [6.45, 7) is 11.1. The molecule has 1 unspecified atom stereocenters. The number of ether oxygens (including phenoxy) is 2. The molecular formula is C34H46ClN5O5. The average molecular weight is 640 g/mol. The largest absolute Gasteiger partial charge is 0.453 e. The number of carbonyl (C=O) groups excluding carboxylic acids is 3. The molecule has 45 heavy (non-hydrogen) atoms. The van der Waals surface area contributed by atoms with Crippen LogP contribution in [0.25, 0.3) is 6.08 Å². The molecule has 1 saturated heterocycles. The molecular weight excluding hydrogens is 594 g/mol. The van der Waals surface area contributed by atoms with Crippen LogP contribution in [0.1, 0.15) is 95.0 Å². The zero-order valence-corrected chi connectivity index (χ0v) is 27.9. The molecule has 2 heterocycles. The van der Waals surface area contributed by atoms with Crippen LogP contribution >= 0.6 is 11.6 Å². The molecule has 1 saturated carbocycles. The Morgan fingerprint density at radius 2 is 1.87 bits per heavy atom. The first-order valence-electron chi connectivity index (χ1n) is 15.9. The third-order valence-electron chi connectivity index (χ3n) is 9.72. The van der Waals surface area contributed by atoms with Crippen molar-refractivity contribution in [3.05, 3.63) is 57.6 Å². The van der Waals surface area contributed by atoms with Crippen LogP contribution in [0, 0.1) is 16.2 Å². The van der Waals surface area contributed by atoms with Gasteiger partial charge in [0, 0.05) is 24.1 Å². The number of aromatic nitrogens is 2. The molecule has 5 rings (SSSR count). The first kappa shape index (κ1) is 33.0. The van der Waals surface area contributed by atoms with Gasteiger partial charge in [0.05, 0.1) is 36.6 Å². The number of imidazole rings is 1. The summed E-state index contributed by atoms with van der Waals surface area (Å²) in [4.78, 5) is 48.3. The molecule has 4 N–H and O–H groups in total. The Morgan fingerprint density at radius 3 is 2.47 bits per heavy atom. The Hall–Kier alpha value is -3.37. The van der Waals surface area contributed by atoms with Gasteiger partial charge in [-0.2, -0.15) is 0 Å². The van der Waals surface area contributed by atoms with Crippen molar-refractivity contribution in [1.29, 1.82) is 0 Å². The molecule has 0 bridgehead atoms. The monoisotopic (exact) mass is 639 g/mol. The molecule has 0 radical (unpaired) electrons. The highest BCUT2D eigenvalue weighted by atomic mass is 35.5. The lowest BCUT2D eigenvalue weighted by molar-refractivity contribution is -0.136. The van der Waals surface area contributed by atoms with E-state index in [1.165, 1.54) is 7.11 Å². The van der Waals surface area contributed by atoms with Gasteiger partial charge in [-0.05, 0) is 73.1 Å². The number of benzene rings is 1. The summed E-state index contributed by atoms with van der Waals surface area (Å²) in [5.41, 5.74) is 2.10. The molecule has 1 aliphatic heterocycles. The number of nitrogens with zero attached hydrogens (tertiary/aromatic N) is 1. The minimum absolute atomic E-state index is 0.0814. The van der Waals surface area contributed by atoms with E-state index in [1.54, 1.807) is 0 Å². The molecule has 1 aromatic carbocycles. The Balaban J connectivity index is 1.50. The third kappa shape index (κ3) is 6.63. The minimum atomic E-state index is -0.899. The number of fused-ring (bicyclic) bond motifs is 1. The van der Waals surface area contributed by atoms with Gasteiger partial charge >= 0.3 is 6.09 Å². The van der Waals surface area contributed by atoms with Crippen LogP contribution in [-0.4, -0.2) is 60.8 Å². The van der Waals surface area contributed by atoms with Crippen LogP contribution in [0.2, 0.25) is 5.02 Å². The predicted molar refractivity (Wildman–Crippen MR) is 173 cm³/mol. The highest BCUT2D eigenvalue weighted by molar-refractivity contribution is 6.31. The second-order valence-electron chi connectivity index (χ2n) is 14.0. The molecule has 0 spiro atoms. The highest BCUT2D eigenvalue weighted by Gasteiger charge is 2.52. The molecule has 3 amide bonds. The number of nitrogens with one attached hydrogen (secondary N) is 4. The molecule has 4 atom stereocenters. The van der Waals surface area contributed by atoms with E-state index in [2.05, 4.69) is 27.9 Å². The number of likely N-dealkylation sites (N-methyl/N-ethyl adjacent to an activating group) is 1. The molecule has 10 nitrogen and oxygen atoms in total. The van der Waals surface area contributed by atoms with Gasteiger partial charge in [0.1, 0.15) is 11.9 Å². The topological polar surface area (TPSA) is 134 Å². The Morgan fingerprint density at radius 1 is 1.13 bits per heavy atom. The molecule has 1 aromatic heterocycles. The fourth-order valence-electron chi connectivity index (χ4n) is 6.83. The van der Waals surface area contributed by atoms with Gasteiger partial charge in [-0.3, -0.25) is 9.59 Å². The van der Waals surface area contributed by atoms with E-state index in [4.69, 9.17) is 26.1 Å². The SMILES string of the molecule is CCNC(=O)[C@H](NC(=O)C1(C2=Cc3[nH]c([C@@H](NC(=O)OC)[C@H](c4ccccc4Cl)C4(C)CC4)nc3CC2)CCOC1)C(C)(C)C. The first-order valence-corrected chi connectivity index (χ1v) is 16.3. The number of hydrogen-bond donors (Lipinski definition) is 4. The maximum atomic E-state index is 14.1. The number of rotatable bonds is 10. The number of H-pyrrole nitrogens is 1. The maximum Gasteiger partial charge on any atom is 0.407 e. The van der Waals surface area contributed by atoms with Crippen molar-refractivity contribution >= 4 is 35.6 Å². The third-order valence-corrected chi connectivity index (χ3v) is 10.1. The first-order chi connectivity index (χ1) is 21.3. The lowest BCUT2D eigenvalue weighted by atomic mass is 9.73. The van der Waals surface area contributed by atoms with E-state index in [-0.39, 0.29) is 29.8 Å². The fourth-order valence-corrected chi connectivity index (χ4v) is 7.08. The van der Waals surface area contributed by atoms with Crippen molar-refractivity contribution in [2.75, 3.05) is 26.9 Å². The lowest BCUT2D eigenvalue weighted by Gasteiger charge is -2.36.